The maximum atomic E-state index is 12.1. The molecule has 0 unspecified atom stereocenters. The number of anilines is 1. The van der Waals surface area contributed by atoms with Gasteiger partial charge in [-0.3, -0.25) is 0 Å². The van der Waals surface area contributed by atoms with Crippen LogP contribution in [0.5, 0.6) is 5.75 Å². The molecule has 0 spiro atoms. The van der Waals surface area contributed by atoms with Crippen LogP contribution in [0, 0.1) is 6.92 Å². The normalized spacial score (nSPS) is 15.3. The minimum absolute atomic E-state index is 0.0424. The molecule has 4 nitrogen and oxygen atoms in total. The quantitative estimate of drug-likeness (QED) is 0.894. The van der Waals surface area contributed by atoms with E-state index in [2.05, 4.69) is 5.32 Å². The van der Waals surface area contributed by atoms with Crippen molar-refractivity contribution >= 4 is 23.5 Å². The van der Waals surface area contributed by atoms with Crippen molar-refractivity contribution in [3.8, 4) is 5.75 Å². The molecule has 1 aliphatic heterocycles. The van der Waals surface area contributed by atoms with Crippen LogP contribution in [-0.4, -0.2) is 42.6 Å². The lowest BCUT2D eigenvalue weighted by molar-refractivity contribution is 0.217. The summed E-state index contributed by atoms with van der Waals surface area (Å²) in [5.41, 5.74) is 1.83. The van der Waals surface area contributed by atoms with Crippen molar-refractivity contribution in [1.82, 2.24) is 4.90 Å². The molecule has 18 heavy (non-hydrogen) atoms. The first kappa shape index (κ1) is 13.1. The number of nitrogens with zero attached hydrogens (tertiary/aromatic N) is 1. The van der Waals surface area contributed by atoms with E-state index in [1.54, 1.807) is 7.11 Å². The number of urea groups is 1. The second-order valence-corrected chi connectivity index (χ2v) is 5.46. The lowest BCUT2D eigenvalue weighted by Crippen LogP contribution is -2.40. The highest BCUT2D eigenvalue weighted by molar-refractivity contribution is 7.99. The van der Waals surface area contributed by atoms with Crippen molar-refractivity contribution in [2.75, 3.05) is 37.0 Å². The smallest absolute Gasteiger partial charge is 0.322 e. The number of amides is 2. The van der Waals surface area contributed by atoms with Gasteiger partial charge in [0.25, 0.3) is 0 Å². The van der Waals surface area contributed by atoms with E-state index in [-0.39, 0.29) is 6.03 Å². The van der Waals surface area contributed by atoms with E-state index in [0.717, 1.165) is 35.8 Å². The highest BCUT2D eigenvalue weighted by atomic mass is 32.2. The molecule has 0 saturated carbocycles. The zero-order valence-electron chi connectivity index (χ0n) is 10.7. The molecule has 1 fully saturated rings. The Kier molecular flexibility index (Phi) is 4.36. The monoisotopic (exact) mass is 266 g/mol. The van der Waals surface area contributed by atoms with Gasteiger partial charge < -0.3 is 15.0 Å². The summed E-state index contributed by atoms with van der Waals surface area (Å²) in [6, 6.07) is 5.72. The third-order valence-corrected chi connectivity index (χ3v) is 3.84. The molecule has 5 heteroatoms. The third kappa shape index (κ3) is 3.10. The molecule has 1 aromatic rings. The molecular weight excluding hydrogens is 248 g/mol. The zero-order valence-corrected chi connectivity index (χ0v) is 11.5. The summed E-state index contributed by atoms with van der Waals surface area (Å²) in [6.07, 6.45) is 0. The molecule has 1 saturated heterocycles. The van der Waals surface area contributed by atoms with E-state index >= 15 is 0 Å². The molecule has 1 heterocycles. The fourth-order valence-electron chi connectivity index (χ4n) is 1.88. The number of nitrogens with one attached hydrogen (secondary N) is 1. The van der Waals surface area contributed by atoms with Crippen molar-refractivity contribution in [3.05, 3.63) is 23.8 Å². The molecular formula is C13H18N2O2S. The van der Waals surface area contributed by atoms with Crippen LogP contribution in [0.2, 0.25) is 0 Å². The van der Waals surface area contributed by atoms with Gasteiger partial charge >= 0.3 is 6.03 Å². The van der Waals surface area contributed by atoms with Gasteiger partial charge in [0.1, 0.15) is 5.75 Å². The summed E-state index contributed by atoms with van der Waals surface area (Å²) in [7, 11) is 1.61. The largest absolute Gasteiger partial charge is 0.495 e. The van der Waals surface area contributed by atoms with Gasteiger partial charge in [-0.25, -0.2) is 4.79 Å². The first-order valence-corrected chi connectivity index (χ1v) is 7.14. The Morgan fingerprint density at radius 3 is 2.78 bits per heavy atom. The number of hydrogen-bond acceptors (Lipinski definition) is 3. The van der Waals surface area contributed by atoms with E-state index in [1.165, 1.54) is 0 Å². The van der Waals surface area contributed by atoms with Crippen molar-refractivity contribution in [1.29, 1.82) is 0 Å². The fourth-order valence-corrected chi connectivity index (χ4v) is 2.78. The summed E-state index contributed by atoms with van der Waals surface area (Å²) in [5, 5.41) is 2.92. The SMILES string of the molecule is COc1ccc(C)cc1NC(=O)N1CCSCC1. The van der Waals surface area contributed by atoms with Crippen LogP contribution in [0.3, 0.4) is 0 Å². The number of methoxy groups -OCH3 is 1. The lowest BCUT2D eigenvalue weighted by atomic mass is 10.2. The third-order valence-electron chi connectivity index (χ3n) is 2.89. The minimum Gasteiger partial charge on any atom is -0.495 e. The van der Waals surface area contributed by atoms with Crippen LogP contribution in [0.4, 0.5) is 10.5 Å². The molecule has 0 atom stereocenters. The van der Waals surface area contributed by atoms with Gasteiger partial charge in [-0.2, -0.15) is 11.8 Å². The molecule has 1 aliphatic rings. The molecule has 1 aromatic carbocycles. The second kappa shape index (κ2) is 6.00. The van der Waals surface area contributed by atoms with Crippen LogP contribution < -0.4 is 10.1 Å². The number of ether oxygens (including phenoxy) is 1. The minimum atomic E-state index is -0.0424. The Balaban J connectivity index is 2.07. The summed E-state index contributed by atoms with van der Waals surface area (Å²) in [6.45, 7) is 3.61. The summed E-state index contributed by atoms with van der Waals surface area (Å²) in [5.74, 6) is 2.72. The summed E-state index contributed by atoms with van der Waals surface area (Å²) in [4.78, 5) is 13.9. The molecule has 98 valence electrons. The van der Waals surface area contributed by atoms with Crippen molar-refractivity contribution in [2.45, 2.75) is 6.92 Å². The zero-order chi connectivity index (χ0) is 13.0. The van der Waals surface area contributed by atoms with Crippen molar-refractivity contribution in [3.63, 3.8) is 0 Å². The van der Waals surface area contributed by atoms with Gasteiger partial charge in [-0.1, -0.05) is 6.07 Å². The molecule has 0 aromatic heterocycles. The van der Waals surface area contributed by atoms with Crippen LogP contribution in [0.15, 0.2) is 18.2 Å². The van der Waals surface area contributed by atoms with Crippen LogP contribution >= 0.6 is 11.8 Å². The van der Waals surface area contributed by atoms with E-state index < -0.39 is 0 Å². The summed E-state index contributed by atoms with van der Waals surface area (Å²) >= 11 is 1.89. The maximum absolute atomic E-state index is 12.1. The van der Waals surface area contributed by atoms with Crippen molar-refractivity contribution < 1.29 is 9.53 Å². The Morgan fingerprint density at radius 1 is 1.39 bits per heavy atom. The average molecular weight is 266 g/mol. The van der Waals surface area contributed by atoms with Gasteiger partial charge in [0.05, 0.1) is 12.8 Å². The second-order valence-electron chi connectivity index (χ2n) is 4.23. The maximum Gasteiger partial charge on any atom is 0.322 e. The standard InChI is InChI=1S/C13H18N2O2S/c1-10-3-4-12(17-2)11(9-10)14-13(16)15-5-7-18-8-6-15/h3-4,9H,5-8H2,1-2H3,(H,14,16). The Bertz CT molecular complexity index is 431. The summed E-state index contributed by atoms with van der Waals surface area (Å²) < 4.78 is 5.25. The number of hydrogen-bond donors (Lipinski definition) is 1. The van der Waals surface area contributed by atoms with Crippen LogP contribution in [0.25, 0.3) is 0 Å². The molecule has 0 aliphatic carbocycles. The Labute approximate surface area is 112 Å². The van der Waals surface area contributed by atoms with Gasteiger partial charge in [0, 0.05) is 24.6 Å². The molecule has 0 bridgehead atoms. The molecule has 2 amide bonds. The Morgan fingerprint density at radius 2 is 2.11 bits per heavy atom. The van der Waals surface area contributed by atoms with E-state index in [9.17, 15) is 4.79 Å². The topological polar surface area (TPSA) is 41.6 Å². The lowest BCUT2D eigenvalue weighted by Gasteiger charge is -2.26. The molecule has 2 rings (SSSR count). The predicted octanol–water partition coefficient (Wildman–Crippen LogP) is 2.58. The predicted molar refractivity (Wildman–Crippen MR) is 75.6 cm³/mol. The van der Waals surface area contributed by atoms with Crippen LogP contribution in [-0.2, 0) is 0 Å². The number of aryl methyl sites for hydroxylation is 1. The van der Waals surface area contributed by atoms with E-state index in [1.807, 2.05) is 41.8 Å². The van der Waals surface area contributed by atoms with E-state index in [4.69, 9.17) is 4.74 Å². The van der Waals surface area contributed by atoms with Crippen LogP contribution in [0.1, 0.15) is 5.56 Å². The molecule has 0 radical (unpaired) electrons. The van der Waals surface area contributed by atoms with E-state index in [0.29, 0.717) is 5.75 Å². The number of benzene rings is 1. The first-order chi connectivity index (χ1) is 8.70. The fraction of sp³-hybridized carbons (Fsp3) is 0.462. The van der Waals surface area contributed by atoms with Gasteiger partial charge in [-0.05, 0) is 24.6 Å². The Hall–Kier alpha value is -1.36. The number of thioether (sulfide) groups is 1. The first-order valence-electron chi connectivity index (χ1n) is 5.99. The van der Waals surface area contributed by atoms with Gasteiger partial charge in [0.15, 0.2) is 0 Å². The number of carbonyl (C=O) groups excluding carboxylic acids is 1. The number of rotatable bonds is 2. The number of carbonyl (C=O) groups is 1. The van der Waals surface area contributed by atoms with Crippen molar-refractivity contribution in [2.24, 2.45) is 0 Å². The highest BCUT2D eigenvalue weighted by Gasteiger charge is 2.17. The van der Waals surface area contributed by atoms with Gasteiger partial charge in [-0.15, -0.1) is 0 Å². The molecule has 1 N–H and O–H groups in total. The average Bonchev–Trinajstić information content (AvgIpc) is 2.40. The van der Waals surface area contributed by atoms with Gasteiger partial charge in [0.2, 0.25) is 0 Å². The highest BCUT2D eigenvalue weighted by Crippen LogP contribution is 2.25.